The van der Waals surface area contributed by atoms with Gasteiger partial charge in [-0.25, -0.2) is 19.2 Å². The number of nitrogens with zero attached hydrogens (tertiary/aromatic N) is 5. The number of carboxylic acid groups (broad SMARTS) is 1. The van der Waals surface area contributed by atoms with Crippen molar-refractivity contribution >= 4 is 59.0 Å². The van der Waals surface area contributed by atoms with Crippen molar-refractivity contribution < 1.29 is 37.5 Å². The predicted molar refractivity (Wildman–Crippen MR) is 206 cm³/mol. The van der Waals surface area contributed by atoms with Gasteiger partial charge in [-0.3, -0.25) is 14.0 Å². The smallest absolute Gasteiger partial charge is 0.407 e. The number of piperidine rings is 1. The first-order valence-electron chi connectivity index (χ1n) is 17.6. The largest absolute Gasteiger partial charge is 0.494 e. The van der Waals surface area contributed by atoms with Gasteiger partial charge in [0.1, 0.15) is 0 Å². The zero-order valence-electron chi connectivity index (χ0n) is 30.0. The first-order valence-corrected chi connectivity index (χ1v) is 17.6. The van der Waals surface area contributed by atoms with Gasteiger partial charge in [0.15, 0.2) is 29.6 Å². The third-order valence-corrected chi connectivity index (χ3v) is 10.3. The summed E-state index contributed by atoms with van der Waals surface area (Å²) in [5.41, 5.74) is 2.92. The van der Waals surface area contributed by atoms with Crippen molar-refractivity contribution in [1.29, 1.82) is 0 Å². The molecule has 53 heavy (non-hydrogen) atoms. The van der Waals surface area contributed by atoms with Gasteiger partial charge >= 0.3 is 6.09 Å². The second-order valence-corrected chi connectivity index (χ2v) is 14.0. The molecule has 2 fully saturated rings. The molecule has 1 atom stereocenters. The number of hydrogen-bond donors (Lipinski definition) is 4. The van der Waals surface area contributed by atoms with E-state index >= 15 is 0 Å². The van der Waals surface area contributed by atoms with E-state index in [1.54, 1.807) is 22.7 Å². The number of likely N-dealkylation sites (tertiary alicyclic amines) is 2. The Morgan fingerprint density at radius 2 is 1.77 bits per heavy atom. The van der Waals surface area contributed by atoms with E-state index in [1.807, 2.05) is 13.0 Å². The van der Waals surface area contributed by atoms with Gasteiger partial charge in [0.05, 0.1) is 39.1 Å². The monoisotopic (exact) mass is 847 g/mol. The highest BCUT2D eigenvalue weighted by Crippen LogP contribution is 2.32. The number of likely N-dealkylation sites (N-methyl/N-ethyl adjacent to an activating group) is 1. The molecule has 284 valence electrons. The van der Waals surface area contributed by atoms with E-state index in [0.29, 0.717) is 78.0 Å². The summed E-state index contributed by atoms with van der Waals surface area (Å²) in [4.78, 5) is 47.5. The van der Waals surface area contributed by atoms with Crippen molar-refractivity contribution in [1.82, 2.24) is 29.9 Å². The maximum Gasteiger partial charge on any atom is 0.407 e. The zero-order valence-corrected chi connectivity index (χ0v) is 32.4. The minimum Gasteiger partial charge on any atom is -0.494 e. The lowest BCUT2D eigenvalue weighted by Crippen LogP contribution is -2.55. The predicted octanol–water partition coefficient (Wildman–Crippen LogP) is 5.31. The van der Waals surface area contributed by atoms with E-state index in [1.165, 1.54) is 36.5 Å². The average Bonchev–Trinajstić information content (AvgIpc) is 3.80. The van der Waals surface area contributed by atoms with Gasteiger partial charge in [0.2, 0.25) is 5.82 Å². The number of rotatable bonds is 12. The number of nitrogens with one attached hydrogen (secondary N) is 3. The standard InChI is InChI=1S/C37H44F2N8O5.HI/c1-4-25-17-26(44-34-35-42-20-29(46(35)14-12-40-34)28-7-8-30(52-3)33(39)32(28)38)5-6-27(25)36(49)43-18-23-10-15-47(2,16-11-23)22-31(48)41-19-24-9-13-45(21-24)37(50)51;/h5-8,12,14,17,20,23-24H,4,9-11,13,15-16,18-19,21-22H2,1-3H3,(H3-,40,41,43,44,48,49,50,51);1H/p+1. The van der Waals surface area contributed by atoms with Crippen molar-refractivity contribution in [3.05, 3.63) is 71.7 Å². The number of imidazole rings is 1. The highest BCUT2D eigenvalue weighted by molar-refractivity contribution is 14.0. The summed E-state index contributed by atoms with van der Waals surface area (Å²) >= 11 is 0. The number of fused-ring (bicyclic) bond motifs is 1. The Balaban J connectivity index is 0.00000541. The highest BCUT2D eigenvalue weighted by Gasteiger charge is 2.33. The number of quaternary nitrogens is 1. The van der Waals surface area contributed by atoms with E-state index in [-0.39, 0.29) is 53.0 Å². The molecule has 0 bridgehead atoms. The zero-order chi connectivity index (χ0) is 37.0. The molecule has 3 amide bonds. The number of benzene rings is 2. The van der Waals surface area contributed by atoms with Crippen LogP contribution in [0.1, 0.15) is 42.1 Å². The van der Waals surface area contributed by atoms with E-state index < -0.39 is 17.7 Å². The molecule has 4 aromatic rings. The van der Waals surface area contributed by atoms with Crippen LogP contribution in [-0.4, -0.2) is 107 Å². The highest BCUT2D eigenvalue weighted by atomic mass is 127. The van der Waals surface area contributed by atoms with Crippen LogP contribution in [0.3, 0.4) is 0 Å². The molecule has 0 radical (unpaired) electrons. The summed E-state index contributed by atoms with van der Waals surface area (Å²) in [6.07, 6.45) is 6.85. The van der Waals surface area contributed by atoms with Gasteiger partial charge in [0.25, 0.3) is 11.8 Å². The van der Waals surface area contributed by atoms with Gasteiger partial charge in [0, 0.05) is 68.2 Å². The van der Waals surface area contributed by atoms with Crippen LogP contribution >= 0.6 is 24.0 Å². The summed E-state index contributed by atoms with van der Waals surface area (Å²) in [6.45, 7) is 6.01. The third kappa shape index (κ3) is 8.97. The number of carbonyl (C=O) groups is 3. The van der Waals surface area contributed by atoms with Crippen LogP contribution in [0.25, 0.3) is 16.9 Å². The molecule has 2 aromatic carbocycles. The van der Waals surface area contributed by atoms with Crippen LogP contribution in [0, 0.1) is 23.5 Å². The number of amides is 3. The lowest BCUT2D eigenvalue weighted by Gasteiger charge is -2.40. The van der Waals surface area contributed by atoms with E-state index in [2.05, 4.69) is 33.0 Å². The number of anilines is 2. The van der Waals surface area contributed by atoms with Crippen LogP contribution in [0.2, 0.25) is 0 Å². The van der Waals surface area contributed by atoms with Gasteiger partial charge in [-0.2, -0.15) is 4.39 Å². The molecule has 2 aromatic heterocycles. The fraction of sp³-hybridized carbons (Fsp3) is 0.432. The fourth-order valence-corrected chi connectivity index (χ4v) is 7.19. The Hall–Kier alpha value is -4.58. The van der Waals surface area contributed by atoms with E-state index in [0.717, 1.165) is 37.9 Å². The summed E-state index contributed by atoms with van der Waals surface area (Å²) in [7, 11) is 3.36. The van der Waals surface area contributed by atoms with E-state index in [4.69, 9.17) is 9.84 Å². The van der Waals surface area contributed by atoms with Crippen LogP contribution in [0.15, 0.2) is 48.9 Å². The number of methoxy groups -OCH3 is 1. The fourth-order valence-electron chi connectivity index (χ4n) is 7.19. The molecular weight excluding hydrogens is 801 g/mol. The topological polar surface area (TPSA) is 150 Å². The third-order valence-electron chi connectivity index (χ3n) is 10.3. The Kier molecular flexibility index (Phi) is 12.7. The van der Waals surface area contributed by atoms with Gasteiger partial charge in [-0.05, 0) is 60.6 Å². The maximum absolute atomic E-state index is 14.9. The summed E-state index contributed by atoms with van der Waals surface area (Å²) < 4.78 is 36.5. The molecule has 4 heterocycles. The molecule has 0 saturated carbocycles. The van der Waals surface area contributed by atoms with Crippen LogP contribution < -0.4 is 20.7 Å². The van der Waals surface area contributed by atoms with Crippen molar-refractivity contribution in [3.8, 4) is 17.0 Å². The molecule has 13 nitrogen and oxygen atoms in total. The Labute approximate surface area is 323 Å². The summed E-state index contributed by atoms with van der Waals surface area (Å²) in [5.74, 6) is -1.61. The number of aromatic nitrogens is 3. The van der Waals surface area contributed by atoms with Crippen molar-refractivity contribution in [2.45, 2.75) is 32.6 Å². The minimum absolute atomic E-state index is 0. The Morgan fingerprint density at radius 3 is 2.47 bits per heavy atom. The molecule has 0 aliphatic carbocycles. The first kappa shape index (κ1) is 39.6. The van der Waals surface area contributed by atoms with Gasteiger partial charge in [-0.15, -0.1) is 24.0 Å². The molecule has 0 spiro atoms. The lowest BCUT2D eigenvalue weighted by molar-refractivity contribution is -0.907. The van der Waals surface area contributed by atoms with Crippen LogP contribution in [-0.2, 0) is 11.2 Å². The number of hydrogen-bond acceptors (Lipinski definition) is 7. The summed E-state index contributed by atoms with van der Waals surface area (Å²) in [6, 6.07) is 8.28. The molecule has 2 saturated heterocycles. The Morgan fingerprint density at radius 1 is 1.02 bits per heavy atom. The molecule has 4 N–H and O–H groups in total. The molecule has 2 aliphatic rings. The van der Waals surface area contributed by atoms with Crippen LogP contribution in [0.5, 0.6) is 5.75 Å². The van der Waals surface area contributed by atoms with Crippen molar-refractivity contribution in [3.63, 3.8) is 0 Å². The van der Waals surface area contributed by atoms with Gasteiger partial charge < -0.3 is 35.2 Å². The SMILES string of the molecule is CCc1cc(Nc2nccn3c(-c4ccc(OC)c(F)c4F)cnc23)ccc1C(=O)NCC1CC[N+](C)(CC(=O)NCC2CCN(C(=O)O)C2)CC1.I. The number of halogens is 3. The lowest BCUT2D eigenvalue weighted by atomic mass is 9.94. The second-order valence-electron chi connectivity index (χ2n) is 14.0. The Bertz CT molecular complexity index is 1970. The number of aryl methyl sites for hydroxylation is 1. The normalized spacial score (nSPS) is 19.8. The molecule has 2 aliphatic heterocycles. The molecular formula is C37H46F2IN8O5+. The molecule has 6 rings (SSSR count). The van der Waals surface area contributed by atoms with E-state index in [9.17, 15) is 23.2 Å². The quantitative estimate of drug-likeness (QED) is 0.111. The van der Waals surface area contributed by atoms with Crippen molar-refractivity contribution in [2.75, 3.05) is 65.3 Å². The first-order chi connectivity index (χ1) is 25.0. The average molecular weight is 848 g/mol. The van der Waals surface area contributed by atoms with Gasteiger partial charge in [-0.1, -0.05) is 6.92 Å². The molecule has 1 unspecified atom stereocenters. The van der Waals surface area contributed by atoms with Crippen LogP contribution in [0.4, 0.5) is 25.1 Å². The van der Waals surface area contributed by atoms with Crippen molar-refractivity contribution in [2.24, 2.45) is 11.8 Å². The second kappa shape index (κ2) is 17.0. The molecule has 16 heteroatoms. The minimum atomic E-state index is -1.08. The summed E-state index contributed by atoms with van der Waals surface area (Å²) in [5, 5.41) is 18.5. The maximum atomic E-state index is 14.9. The number of carbonyl (C=O) groups excluding carboxylic acids is 2. The number of ether oxygens (including phenoxy) is 1.